The van der Waals surface area contributed by atoms with Crippen LogP contribution in [0.25, 0.3) is 0 Å². The van der Waals surface area contributed by atoms with Crippen LogP contribution in [0.1, 0.15) is 56.6 Å². The van der Waals surface area contributed by atoms with Gasteiger partial charge >= 0.3 is 0 Å². The smallest absolute Gasteiger partial charge is 0.0159 e. The van der Waals surface area contributed by atoms with Crippen LogP contribution < -0.4 is 0 Å². The van der Waals surface area contributed by atoms with E-state index in [1.807, 2.05) is 0 Å². The summed E-state index contributed by atoms with van der Waals surface area (Å²) in [5, 5.41) is 0. The minimum absolute atomic E-state index is 0.738. The second-order valence-corrected chi connectivity index (χ2v) is 4.54. The van der Waals surface area contributed by atoms with Crippen LogP contribution in [0.3, 0.4) is 0 Å². The second kappa shape index (κ2) is 7.27. The van der Waals surface area contributed by atoms with Crippen molar-refractivity contribution in [2.45, 2.75) is 52.4 Å². The summed E-state index contributed by atoms with van der Waals surface area (Å²) in [6.07, 6.45) is 9.49. The molecule has 0 amide bonds. The molecule has 16 heavy (non-hydrogen) atoms. The van der Waals surface area contributed by atoms with Crippen molar-refractivity contribution in [2.24, 2.45) is 0 Å². The molecule has 0 aliphatic carbocycles. The molecule has 0 saturated heterocycles. The minimum Gasteiger partial charge on any atom is -0.0917 e. The molecule has 1 rings (SSSR count). The number of hydrogen-bond acceptors (Lipinski definition) is 0. The lowest BCUT2D eigenvalue weighted by Crippen LogP contribution is -1.98. The first-order chi connectivity index (χ1) is 7.77. The van der Waals surface area contributed by atoms with Crippen molar-refractivity contribution in [1.82, 2.24) is 0 Å². The summed E-state index contributed by atoms with van der Waals surface area (Å²) in [4.78, 5) is 0. The molecule has 0 fully saturated rings. The van der Waals surface area contributed by atoms with Gasteiger partial charge in [0.1, 0.15) is 0 Å². The van der Waals surface area contributed by atoms with E-state index in [1.54, 1.807) is 0 Å². The summed E-state index contributed by atoms with van der Waals surface area (Å²) in [7, 11) is 0. The van der Waals surface area contributed by atoms with Gasteiger partial charge in [-0.15, -0.1) is 0 Å². The molecule has 0 spiro atoms. The molecule has 1 atom stereocenters. The van der Waals surface area contributed by atoms with E-state index >= 15 is 0 Å². The molecule has 88 valence electrons. The van der Waals surface area contributed by atoms with Crippen molar-refractivity contribution < 1.29 is 0 Å². The van der Waals surface area contributed by atoms with Crippen LogP contribution in [0, 0.1) is 6.92 Å². The molecule has 0 heterocycles. The number of benzene rings is 1. The molecule has 0 nitrogen and oxygen atoms in total. The Kier molecular flexibility index (Phi) is 5.92. The Bertz CT molecular complexity index is 305. The second-order valence-electron chi connectivity index (χ2n) is 4.54. The van der Waals surface area contributed by atoms with Gasteiger partial charge in [-0.3, -0.25) is 0 Å². The quantitative estimate of drug-likeness (QED) is 0.571. The molecule has 0 aliphatic heterocycles. The van der Waals surface area contributed by atoms with Gasteiger partial charge in [0.2, 0.25) is 0 Å². The molecular formula is C16H24. The van der Waals surface area contributed by atoms with Gasteiger partial charge < -0.3 is 0 Å². The summed E-state index contributed by atoms with van der Waals surface area (Å²) >= 11 is 0. The van der Waals surface area contributed by atoms with Crippen molar-refractivity contribution in [2.75, 3.05) is 0 Å². The molecule has 0 N–H and O–H groups in total. The van der Waals surface area contributed by atoms with Crippen LogP contribution in [0.2, 0.25) is 0 Å². The van der Waals surface area contributed by atoms with Crippen molar-refractivity contribution >= 4 is 0 Å². The Morgan fingerprint density at radius 3 is 2.38 bits per heavy atom. The Morgan fingerprint density at radius 2 is 1.81 bits per heavy atom. The largest absolute Gasteiger partial charge is 0.0917 e. The van der Waals surface area contributed by atoms with Gasteiger partial charge in [-0.1, -0.05) is 55.3 Å². The lowest BCUT2D eigenvalue weighted by molar-refractivity contribution is 0.574. The molecule has 1 aromatic carbocycles. The average Bonchev–Trinajstić information content (AvgIpc) is 2.29. The predicted molar refractivity (Wildman–Crippen MR) is 72.9 cm³/mol. The predicted octanol–water partition coefficient (Wildman–Crippen LogP) is 5.24. The van der Waals surface area contributed by atoms with E-state index in [0.717, 1.165) is 5.92 Å². The minimum atomic E-state index is 0.738. The molecule has 0 radical (unpaired) electrons. The fourth-order valence-electron chi connectivity index (χ4n) is 2.13. The first-order valence-corrected chi connectivity index (χ1v) is 6.45. The van der Waals surface area contributed by atoms with Crippen molar-refractivity contribution in [1.29, 1.82) is 0 Å². The highest BCUT2D eigenvalue weighted by Crippen LogP contribution is 2.26. The van der Waals surface area contributed by atoms with E-state index in [4.69, 9.17) is 0 Å². The van der Waals surface area contributed by atoms with Crippen molar-refractivity contribution in [3.63, 3.8) is 0 Å². The lowest BCUT2D eigenvalue weighted by Gasteiger charge is -2.16. The van der Waals surface area contributed by atoms with Crippen LogP contribution in [-0.2, 0) is 0 Å². The maximum absolute atomic E-state index is 2.30. The standard InChI is InChI=1S/C16H24/c1-4-6-7-9-15(8-5-2)16-12-10-14(3)11-13-16/h4,6,10-13,15H,5,7-9H2,1-3H3/b6-4-. The fraction of sp³-hybridized carbons (Fsp3) is 0.500. The first kappa shape index (κ1) is 13.0. The highest BCUT2D eigenvalue weighted by Gasteiger charge is 2.09. The van der Waals surface area contributed by atoms with Gasteiger partial charge in [-0.05, 0) is 44.6 Å². The average molecular weight is 216 g/mol. The SMILES string of the molecule is C/C=C\CCC(CCC)c1ccc(C)cc1. The normalized spacial score (nSPS) is 13.2. The Balaban J connectivity index is 2.64. The molecule has 1 unspecified atom stereocenters. The Hall–Kier alpha value is -1.04. The zero-order valence-corrected chi connectivity index (χ0v) is 10.9. The summed E-state index contributed by atoms with van der Waals surface area (Å²) in [5.74, 6) is 0.738. The molecule has 0 bridgehead atoms. The van der Waals surface area contributed by atoms with Crippen LogP contribution in [0.5, 0.6) is 0 Å². The van der Waals surface area contributed by atoms with E-state index < -0.39 is 0 Å². The maximum Gasteiger partial charge on any atom is -0.0159 e. The van der Waals surface area contributed by atoms with Crippen LogP contribution in [0.15, 0.2) is 36.4 Å². The number of hydrogen-bond donors (Lipinski definition) is 0. The lowest BCUT2D eigenvalue weighted by atomic mass is 9.90. The third kappa shape index (κ3) is 4.22. The highest BCUT2D eigenvalue weighted by molar-refractivity contribution is 5.24. The van der Waals surface area contributed by atoms with Crippen LogP contribution in [0.4, 0.5) is 0 Å². The molecule has 0 aromatic heterocycles. The zero-order valence-electron chi connectivity index (χ0n) is 10.9. The summed E-state index contributed by atoms with van der Waals surface area (Å²) in [6.45, 7) is 6.52. The molecule has 1 aromatic rings. The van der Waals surface area contributed by atoms with Gasteiger partial charge in [0.25, 0.3) is 0 Å². The van der Waals surface area contributed by atoms with Crippen molar-refractivity contribution in [3.8, 4) is 0 Å². The monoisotopic (exact) mass is 216 g/mol. The van der Waals surface area contributed by atoms with E-state index in [1.165, 1.54) is 36.8 Å². The molecule has 0 aliphatic rings. The van der Waals surface area contributed by atoms with E-state index in [2.05, 4.69) is 57.2 Å². The zero-order chi connectivity index (χ0) is 11.8. The van der Waals surface area contributed by atoms with E-state index in [9.17, 15) is 0 Å². The molecular weight excluding hydrogens is 192 g/mol. The molecule has 0 saturated carbocycles. The topological polar surface area (TPSA) is 0 Å². The summed E-state index contributed by atoms with van der Waals surface area (Å²) < 4.78 is 0. The summed E-state index contributed by atoms with van der Waals surface area (Å²) in [6, 6.07) is 9.05. The Labute approximate surface area is 100 Å². The van der Waals surface area contributed by atoms with Gasteiger partial charge in [0.15, 0.2) is 0 Å². The maximum atomic E-state index is 2.30. The Morgan fingerprint density at radius 1 is 1.12 bits per heavy atom. The van der Waals surface area contributed by atoms with Crippen LogP contribution in [-0.4, -0.2) is 0 Å². The van der Waals surface area contributed by atoms with E-state index in [0.29, 0.717) is 0 Å². The van der Waals surface area contributed by atoms with Crippen molar-refractivity contribution in [3.05, 3.63) is 47.5 Å². The number of allylic oxidation sites excluding steroid dienone is 2. The van der Waals surface area contributed by atoms with Gasteiger partial charge in [-0.2, -0.15) is 0 Å². The third-order valence-electron chi connectivity index (χ3n) is 3.10. The van der Waals surface area contributed by atoms with E-state index in [-0.39, 0.29) is 0 Å². The van der Waals surface area contributed by atoms with Gasteiger partial charge in [0.05, 0.1) is 0 Å². The van der Waals surface area contributed by atoms with Gasteiger partial charge in [0, 0.05) is 0 Å². The summed E-state index contributed by atoms with van der Waals surface area (Å²) in [5.41, 5.74) is 2.87. The molecule has 0 heteroatoms. The first-order valence-electron chi connectivity index (χ1n) is 6.45. The van der Waals surface area contributed by atoms with Crippen LogP contribution >= 0.6 is 0 Å². The third-order valence-corrected chi connectivity index (χ3v) is 3.10. The number of rotatable bonds is 6. The fourth-order valence-corrected chi connectivity index (χ4v) is 2.13. The highest BCUT2D eigenvalue weighted by atomic mass is 14.1. The van der Waals surface area contributed by atoms with Gasteiger partial charge in [-0.25, -0.2) is 0 Å². The number of aryl methyl sites for hydroxylation is 1.